The number of rotatable bonds is 4. The zero-order valence-electron chi connectivity index (χ0n) is 11.7. The molecule has 110 valence electrons. The Hall–Kier alpha value is -1.14. The molecular weight excluding hydrogens is 320 g/mol. The van der Waals surface area contributed by atoms with Gasteiger partial charge in [0.1, 0.15) is 0 Å². The van der Waals surface area contributed by atoms with Gasteiger partial charge >= 0.3 is 0 Å². The molecule has 1 aliphatic rings. The summed E-state index contributed by atoms with van der Waals surface area (Å²) >= 11 is 3.32. The molecule has 1 heterocycles. The summed E-state index contributed by atoms with van der Waals surface area (Å²) in [6.07, 6.45) is 6.51. The van der Waals surface area contributed by atoms with Crippen molar-refractivity contribution in [1.82, 2.24) is 10.3 Å². The predicted molar refractivity (Wildman–Crippen MR) is 83.2 cm³/mol. The van der Waals surface area contributed by atoms with E-state index in [4.69, 9.17) is 5.84 Å². The van der Waals surface area contributed by atoms with Crippen LogP contribution in [0.3, 0.4) is 0 Å². The van der Waals surface area contributed by atoms with Crippen LogP contribution in [0, 0.1) is 11.8 Å². The number of anilines is 1. The van der Waals surface area contributed by atoms with Crippen LogP contribution in [0.1, 0.15) is 43.0 Å². The summed E-state index contributed by atoms with van der Waals surface area (Å²) in [6, 6.07) is 1.72. The highest BCUT2D eigenvalue weighted by molar-refractivity contribution is 9.10. The maximum absolute atomic E-state index is 12.2. The summed E-state index contributed by atoms with van der Waals surface area (Å²) in [6.45, 7) is 3.02. The lowest BCUT2D eigenvalue weighted by molar-refractivity contribution is 0.0942. The molecule has 1 aromatic rings. The van der Waals surface area contributed by atoms with Crippen molar-refractivity contribution in [3.8, 4) is 0 Å². The van der Waals surface area contributed by atoms with E-state index in [0.29, 0.717) is 17.3 Å². The number of aromatic nitrogens is 1. The first-order valence-electron chi connectivity index (χ1n) is 7.00. The average molecular weight is 341 g/mol. The van der Waals surface area contributed by atoms with Crippen molar-refractivity contribution >= 4 is 27.7 Å². The maximum Gasteiger partial charge on any atom is 0.255 e. The minimum Gasteiger partial charge on any atom is -0.352 e. The average Bonchev–Trinajstić information content (AvgIpc) is 2.46. The molecule has 0 saturated heterocycles. The third kappa shape index (κ3) is 3.93. The lowest BCUT2D eigenvalue weighted by atomic mass is 9.83. The number of halogens is 1. The highest BCUT2D eigenvalue weighted by Gasteiger charge is 2.20. The van der Waals surface area contributed by atoms with E-state index in [-0.39, 0.29) is 5.91 Å². The quantitative estimate of drug-likeness (QED) is 0.581. The third-order valence-electron chi connectivity index (χ3n) is 3.92. The summed E-state index contributed by atoms with van der Waals surface area (Å²) in [4.78, 5) is 16.3. The number of hydrogen-bond donors (Lipinski definition) is 3. The fraction of sp³-hybridized carbons (Fsp3) is 0.571. The number of nitrogens with two attached hydrogens (primary N) is 1. The molecule has 1 fully saturated rings. The first-order chi connectivity index (χ1) is 9.60. The van der Waals surface area contributed by atoms with E-state index in [9.17, 15) is 4.79 Å². The number of pyridine rings is 1. The summed E-state index contributed by atoms with van der Waals surface area (Å²) in [7, 11) is 0. The molecule has 6 heteroatoms. The standard InChI is InChI=1S/C14H21BrN4O/c1-9-2-4-10(5-3-9)7-18-14(20)12-6-11(15)8-17-13(12)19-16/h6,8-10H,2-5,7,16H2,1H3,(H,17,19)(H,18,20). The summed E-state index contributed by atoms with van der Waals surface area (Å²) in [5, 5.41) is 2.99. The Morgan fingerprint density at radius 1 is 1.45 bits per heavy atom. The van der Waals surface area contributed by atoms with Crippen molar-refractivity contribution in [1.29, 1.82) is 0 Å². The molecule has 0 radical (unpaired) electrons. The minimum absolute atomic E-state index is 0.134. The molecule has 1 amide bonds. The van der Waals surface area contributed by atoms with E-state index >= 15 is 0 Å². The second-order valence-corrected chi connectivity index (χ2v) is 6.45. The Morgan fingerprint density at radius 3 is 2.80 bits per heavy atom. The number of nitrogens with one attached hydrogen (secondary N) is 2. The number of carbonyl (C=O) groups is 1. The number of nitrogens with zero attached hydrogens (tertiary/aromatic N) is 1. The van der Waals surface area contributed by atoms with Crippen LogP contribution in [0.25, 0.3) is 0 Å². The van der Waals surface area contributed by atoms with Crippen molar-refractivity contribution < 1.29 is 4.79 Å². The Balaban J connectivity index is 1.93. The van der Waals surface area contributed by atoms with Crippen molar-refractivity contribution in [2.75, 3.05) is 12.0 Å². The van der Waals surface area contributed by atoms with Crippen molar-refractivity contribution in [3.05, 3.63) is 22.3 Å². The van der Waals surface area contributed by atoms with E-state index in [0.717, 1.165) is 16.9 Å². The molecule has 0 spiro atoms. The van der Waals surface area contributed by atoms with Gasteiger partial charge in [0.15, 0.2) is 5.82 Å². The number of nitrogen functional groups attached to an aromatic ring is 1. The number of carbonyl (C=O) groups excluding carboxylic acids is 1. The number of hydrazine groups is 1. The van der Waals surface area contributed by atoms with Crippen LogP contribution in [0.5, 0.6) is 0 Å². The fourth-order valence-corrected chi connectivity index (χ4v) is 2.92. The smallest absolute Gasteiger partial charge is 0.255 e. The monoisotopic (exact) mass is 340 g/mol. The minimum atomic E-state index is -0.134. The van der Waals surface area contributed by atoms with Crippen LogP contribution in [-0.4, -0.2) is 17.4 Å². The van der Waals surface area contributed by atoms with Crippen LogP contribution in [0.4, 0.5) is 5.82 Å². The predicted octanol–water partition coefficient (Wildman–Crippen LogP) is 2.69. The van der Waals surface area contributed by atoms with Crippen LogP contribution in [0.2, 0.25) is 0 Å². The zero-order chi connectivity index (χ0) is 14.5. The van der Waals surface area contributed by atoms with Gasteiger partial charge in [0, 0.05) is 17.2 Å². The first-order valence-corrected chi connectivity index (χ1v) is 7.79. The zero-order valence-corrected chi connectivity index (χ0v) is 13.2. The Morgan fingerprint density at radius 2 is 2.15 bits per heavy atom. The molecular formula is C14H21BrN4O. The number of amides is 1. The molecule has 0 bridgehead atoms. The highest BCUT2D eigenvalue weighted by atomic mass is 79.9. The Kier molecular flexibility index (Phi) is 5.37. The van der Waals surface area contributed by atoms with E-state index in [2.05, 4.69) is 38.6 Å². The van der Waals surface area contributed by atoms with Gasteiger partial charge in [-0.3, -0.25) is 4.79 Å². The maximum atomic E-state index is 12.2. The van der Waals surface area contributed by atoms with Gasteiger partial charge in [0.2, 0.25) is 0 Å². The molecule has 5 nitrogen and oxygen atoms in total. The largest absolute Gasteiger partial charge is 0.352 e. The van der Waals surface area contributed by atoms with Gasteiger partial charge in [-0.05, 0) is 46.7 Å². The van der Waals surface area contributed by atoms with Gasteiger partial charge in [0.05, 0.1) is 5.56 Å². The van der Waals surface area contributed by atoms with Crippen LogP contribution < -0.4 is 16.6 Å². The Labute approximate surface area is 127 Å². The topological polar surface area (TPSA) is 80.0 Å². The third-order valence-corrected chi connectivity index (χ3v) is 4.36. The molecule has 0 atom stereocenters. The van der Waals surface area contributed by atoms with E-state index < -0.39 is 0 Å². The van der Waals surface area contributed by atoms with Crippen LogP contribution in [0.15, 0.2) is 16.7 Å². The Bertz CT molecular complexity index is 472. The van der Waals surface area contributed by atoms with Crippen molar-refractivity contribution in [2.45, 2.75) is 32.6 Å². The molecule has 2 rings (SSSR count). The van der Waals surface area contributed by atoms with Gasteiger partial charge in [-0.1, -0.05) is 19.8 Å². The molecule has 1 aromatic heterocycles. The normalized spacial score (nSPS) is 22.4. The van der Waals surface area contributed by atoms with Gasteiger partial charge in [-0.25, -0.2) is 10.8 Å². The number of hydrogen-bond acceptors (Lipinski definition) is 4. The molecule has 20 heavy (non-hydrogen) atoms. The van der Waals surface area contributed by atoms with Gasteiger partial charge in [-0.15, -0.1) is 0 Å². The SMILES string of the molecule is CC1CCC(CNC(=O)c2cc(Br)cnc2NN)CC1. The summed E-state index contributed by atoms with van der Waals surface area (Å²) in [5.41, 5.74) is 2.92. The molecule has 4 N–H and O–H groups in total. The summed E-state index contributed by atoms with van der Waals surface area (Å²) < 4.78 is 0.758. The second-order valence-electron chi connectivity index (χ2n) is 5.53. The van der Waals surface area contributed by atoms with Crippen molar-refractivity contribution in [2.24, 2.45) is 17.7 Å². The van der Waals surface area contributed by atoms with E-state index in [1.54, 1.807) is 12.3 Å². The molecule has 1 aliphatic carbocycles. The van der Waals surface area contributed by atoms with Gasteiger partial charge in [0.25, 0.3) is 5.91 Å². The molecule has 0 aromatic carbocycles. The van der Waals surface area contributed by atoms with E-state index in [1.165, 1.54) is 25.7 Å². The summed E-state index contributed by atoms with van der Waals surface area (Å²) in [5.74, 6) is 7.05. The molecule has 0 unspecified atom stereocenters. The van der Waals surface area contributed by atoms with Gasteiger partial charge in [-0.2, -0.15) is 0 Å². The lowest BCUT2D eigenvalue weighted by Gasteiger charge is -2.26. The second kappa shape index (κ2) is 7.04. The molecule has 0 aliphatic heterocycles. The molecule has 1 saturated carbocycles. The highest BCUT2D eigenvalue weighted by Crippen LogP contribution is 2.27. The lowest BCUT2D eigenvalue weighted by Crippen LogP contribution is -2.32. The van der Waals surface area contributed by atoms with Crippen molar-refractivity contribution in [3.63, 3.8) is 0 Å². The first kappa shape index (κ1) is 15.3. The fourth-order valence-electron chi connectivity index (χ4n) is 2.59. The van der Waals surface area contributed by atoms with Crippen LogP contribution >= 0.6 is 15.9 Å². The van der Waals surface area contributed by atoms with E-state index in [1.807, 2.05) is 0 Å². The van der Waals surface area contributed by atoms with Crippen LogP contribution in [-0.2, 0) is 0 Å². The van der Waals surface area contributed by atoms with Gasteiger partial charge < -0.3 is 10.7 Å².